The highest BCUT2D eigenvalue weighted by Gasteiger charge is 2.25. The van der Waals surface area contributed by atoms with Crippen molar-refractivity contribution in [3.63, 3.8) is 0 Å². The molecule has 10 N–H and O–H groups in total. The lowest BCUT2D eigenvalue weighted by Crippen LogP contribution is -2.48. The van der Waals surface area contributed by atoms with Gasteiger partial charge in [-0.2, -0.15) is 0 Å². The minimum absolute atomic E-state index is 0. The minimum atomic E-state index is -1.43. The number of isocyanates is 1. The van der Waals surface area contributed by atoms with Crippen LogP contribution in [0, 0.1) is 0 Å². The summed E-state index contributed by atoms with van der Waals surface area (Å²) in [4.78, 5) is 123. The van der Waals surface area contributed by atoms with E-state index in [-0.39, 0.29) is 77.4 Å². The number of hydrogen-bond acceptors (Lipinski definition) is 15. The third-order valence-electron chi connectivity index (χ3n) is 11.1. The normalized spacial score (nSPS) is 10.7. The Bertz CT molecular complexity index is 3300. The van der Waals surface area contributed by atoms with E-state index in [1.54, 1.807) is 104 Å². The molecule has 2 unspecified atom stereocenters. The van der Waals surface area contributed by atoms with E-state index < -0.39 is 65.6 Å². The molecule has 0 aliphatic heterocycles. The van der Waals surface area contributed by atoms with Crippen molar-refractivity contribution in [2.24, 2.45) is 4.99 Å². The molecule has 6 aromatic carbocycles. The lowest BCUT2D eigenvalue weighted by molar-refractivity contribution is -0.140. The van der Waals surface area contributed by atoms with Gasteiger partial charge in [-0.05, 0) is 96.1 Å². The van der Waals surface area contributed by atoms with E-state index in [9.17, 15) is 63.3 Å². The second-order valence-electron chi connectivity index (χ2n) is 17.2. The van der Waals surface area contributed by atoms with Crippen molar-refractivity contribution in [1.82, 2.24) is 37.2 Å². The van der Waals surface area contributed by atoms with Crippen molar-refractivity contribution in [3.05, 3.63) is 200 Å². The van der Waals surface area contributed by atoms with Gasteiger partial charge in [-0.15, -0.1) is 0 Å². The fourth-order valence-electron chi connectivity index (χ4n) is 6.86. The Morgan fingerprint density at radius 1 is 0.518 bits per heavy atom. The van der Waals surface area contributed by atoms with E-state index in [1.165, 1.54) is 61.7 Å². The van der Waals surface area contributed by atoms with Gasteiger partial charge >= 0.3 is 18.0 Å². The summed E-state index contributed by atoms with van der Waals surface area (Å²) in [7, 11) is 3.07. The summed E-state index contributed by atoms with van der Waals surface area (Å²) in [6.07, 6.45) is 0.757. The number of carboxylic acid groups (broad SMARTS) is 2. The molecule has 2 atom stereocenters. The lowest BCUT2D eigenvalue weighted by atomic mass is 10.1. The molecule has 0 aliphatic rings. The van der Waals surface area contributed by atoms with Gasteiger partial charge in [-0.3, -0.25) is 28.8 Å². The van der Waals surface area contributed by atoms with E-state index in [0.29, 0.717) is 48.6 Å². The van der Waals surface area contributed by atoms with Gasteiger partial charge in [0.1, 0.15) is 23.6 Å². The molecule has 0 bridgehead atoms. The van der Waals surface area contributed by atoms with Crippen LogP contribution in [0.3, 0.4) is 0 Å². The van der Waals surface area contributed by atoms with Crippen molar-refractivity contribution in [2.45, 2.75) is 32.6 Å². The summed E-state index contributed by atoms with van der Waals surface area (Å²) in [5.41, 5.74) is 2.31. The van der Waals surface area contributed by atoms with Gasteiger partial charge in [0.2, 0.25) is 6.08 Å². The summed E-state index contributed by atoms with van der Waals surface area (Å²) >= 11 is 12.4. The predicted octanol–water partition coefficient (Wildman–Crippen LogP) is 5.81. The minimum Gasteiger partial charge on any atom is -0.508 e. The van der Waals surface area contributed by atoms with Crippen LogP contribution in [-0.4, -0.2) is 141 Å². The lowest BCUT2D eigenvalue weighted by Gasteiger charge is -2.16. The number of phenolic OH excluding ortho intramolecular Hbond substituents is 1. The molecule has 0 heterocycles. The van der Waals surface area contributed by atoms with Gasteiger partial charge in [0, 0.05) is 69.2 Å². The molecule has 448 valence electrons. The average molecular weight is 1210 g/mol. The van der Waals surface area contributed by atoms with Crippen molar-refractivity contribution < 1.29 is 77.5 Å². The first-order chi connectivity index (χ1) is 40.3. The number of hydrogen-bond donors (Lipinski definition) is 10. The maximum Gasteiger partial charge on any atom is 0.412 e. The highest BCUT2D eigenvalue weighted by atomic mass is 35.5. The molecule has 0 aliphatic carbocycles. The van der Waals surface area contributed by atoms with Gasteiger partial charge in [0.15, 0.2) is 0 Å². The number of aliphatic imine (C=N–C) groups is 1. The number of carbonyl (C=O) groups is 9. The predicted molar refractivity (Wildman–Crippen MR) is 313 cm³/mol. The molecule has 0 radical (unpaired) electrons. The third-order valence-corrected chi connectivity index (χ3v) is 11.8. The summed E-state index contributed by atoms with van der Waals surface area (Å²) in [6.45, 7) is 1.11. The van der Waals surface area contributed by atoms with Crippen LogP contribution in [0.2, 0.25) is 10.0 Å². The first-order valence-electron chi connectivity index (χ1n) is 25.1. The number of benzene rings is 6. The average Bonchev–Trinajstić information content (AvgIpc) is 3.59. The van der Waals surface area contributed by atoms with E-state index in [2.05, 4.69) is 46.9 Å². The molecule has 7 amide bonds. The number of carbonyl (C=O) groups excluding carboxylic acids is 8. The summed E-state index contributed by atoms with van der Waals surface area (Å²) in [5.74, 6) is -5.81. The standard InChI is InChI=1S/C29H29ClN4O8.C25H22ClN3O6.C4H7NO2.CH4/c1-41-13-12-31-29(40)42-21-9-5-6-18(14-21)16-32-26(36)20-10-11-22(23(30)15-20)27(37)34-24(28(38)39)17-33-25(35)19-7-3-2-4-8-19;26-20-12-17(23(32)27-13-15-5-4-8-18(30)11-15)9-10-19(20)24(33)29-21(25(34)35)14-28-22(31)16-6-2-1-3-7-16;1-7-3-2-5-4-6;/h2-11,14-15,24H,12-13,16-17H2,1H3,(H,31,40)(H,32,36)(H,33,35)(H,34,37)(H,38,39);1-12,21,30H,13-14H2,(H,27,32)(H,28,31)(H,29,33)(H,34,35);2-3H2,1H3;1H4. The molecule has 26 heteroatoms. The van der Waals surface area contributed by atoms with E-state index in [1.807, 2.05) is 0 Å². The van der Waals surface area contributed by atoms with Crippen molar-refractivity contribution >= 4 is 82.8 Å². The molecule has 0 spiro atoms. The van der Waals surface area contributed by atoms with Crippen LogP contribution in [0.15, 0.2) is 151 Å². The van der Waals surface area contributed by atoms with Crippen LogP contribution in [-0.2, 0) is 36.9 Å². The zero-order valence-electron chi connectivity index (χ0n) is 45.0. The van der Waals surface area contributed by atoms with Gasteiger partial charge < -0.3 is 66.7 Å². The topological polar surface area (TPSA) is 356 Å². The zero-order valence-corrected chi connectivity index (χ0v) is 46.5. The zero-order chi connectivity index (χ0) is 61.4. The third kappa shape index (κ3) is 24.6. The Morgan fingerprint density at radius 2 is 0.965 bits per heavy atom. The van der Waals surface area contributed by atoms with Crippen LogP contribution in [0.1, 0.15) is 80.7 Å². The van der Waals surface area contributed by atoms with Gasteiger partial charge in [0.25, 0.3) is 35.4 Å². The Hall–Kier alpha value is -9.97. The quantitative estimate of drug-likeness (QED) is 0.0184. The van der Waals surface area contributed by atoms with Gasteiger partial charge in [0.05, 0.1) is 40.9 Å². The number of nitrogens with one attached hydrogen (secondary N) is 7. The summed E-state index contributed by atoms with van der Waals surface area (Å²) in [5, 5.41) is 45.8. The fourth-order valence-corrected chi connectivity index (χ4v) is 7.39. The van der Waals surface area contributed by atoms with Crippen LogP contribution in [0.25, 0.3) is 0 Å². The van der Waals surface area contributed by atoms with Crippen LogP contribution < -0.4 is 42.0 Å². The van der Waals surface area contributed by atoms with Gasteiger partial charge in [-0.1, -0.05) is 91.3 Å². The molecule has 0 fully saturated rings. The van der Waals surface area contributed by atoms with Crippen LogP contribution in [0.4, 0.5) is 4.79 Å². The first kappa shape index (κ1) is 69.3. The van der Waals surface area contributed by atoms with Crippen molar-refractivity contribution in [3.8, 4) is 11.5 Å². The number of nitrogens with zero attached hydrogens (tertiary/aromatic N) is 1. The van der Waals surface area contributed by atoms with E-state index >= 15 is 0 Å². The molecular weight excluding hydrogens is 1150 g/mol. The number of methoxy groups -OCH3 is 2. The van der Waals surface area contributed by atoms with Crippen molar-refractivity contribution in [2.75, 3.05) is 53.6 Å². The SMILES string of the molecule is C.COCCN=C=O.COCCNC(=O)Oc1cccc(CNC(=O)c2ccc(C(=O)NC(CNC(=O)c3ccccc3)C(=O)O)c(Cl)c2)c1.O=C(NCc1cccc(O)c1)c1ccc(C(=O)NC(CNC(=O)c2ccccc2)C(=O)O)c(Cl)c1. The molecule has 6 rings (SSSR count). The molecule has 0 aromatic heterocycles. The number of aromatic hydroxyl groups is 1. The number of amides is 7. The second-order valence-corrected chi connectivity index (χ2v) is 18.0. The van der Waals surface area contributed by atoms with Gasteiger partial charge in [-0.25, -0.2) is 24.2 Å². The largest absolute Gasteiger partial charge is 0.508 e. The summed E-state index contributed by atoms with van der Waals surface area (Å²) < 4.78 is 14.6. The Labute approximate surface area is 498 Å². The number of carboxylic acids is 2. The molecule has 6 aromatic rings. The first-order valence-corrected chi connectivity index (χ1v) is 25.8. The number of phenols is 1. The highest BCUT2D eigenvalue weighted by Crippen LogP contribution is 2.21. The maximum absolute atomic E-state index is 12.8. The monoisotopic (exact) mass is 1210 g/mol. The smallest absolute Gasteiger partial charge is 0.412 e. The molecule has 24 nitrogen and oxygen atoms in total. The molecular formula is C59H62Cl2N8O16. The van der Waals surface area contributed by atoms with Crippen LogP contribution in [0.5, 0.6) is 11.5 Å². The maximum atomic E-state index is 12.8. The highest BCUT2D eigenvalue weighted by molar-refractivity contribution is 6.34. The molecule has 0 saturated carbocycles. The summed E-state index contributed by atoms with van der Waals surface area (Å²) in [6, 6.07) is 34.5. The van der Waals surface area contributed by atoms with E-state index in [0.717, 1.165) is 0 Å². The number of ether oxygens (including phenoxy) is 3. The van der Waals surface area contributed by atoms with E-state index in [4.69, 9.17) is 32.7 Å². The Morgan fingerprint density at radius 3 is 1.39 bits per heavy atom. The second kappa shape index (κ2) is 37.2. The molecule has 85 heavy (non-hydrogen) atoms. The molecule has 0 saturated heterocycles. The number of rotatable bonds is 25. The van der Waals surface area contributed by atoms with Crippen LogP contribution >= 0.6 is 23.2 Å². The Balaban J connectivity index is 0.000000400. The fraction of sp³-hybridized carbons (Fsp3) is 0.220. The van der Waals surface area contributed by atoms with Crippen molar-refractivity contribution in [1.29, 1.82) is 0 Å². The number of aliphatic carboxylic acids is 2. The Kier molecular flexibility index (Phi) is 30.3. The number of halogens is 2.